The quantitative estimate of drug-likeness (QED) is 0.885. The van der Waals surface area contributed by atoms with Gasteiger partial charge in [-0.25, -0.2) is 0 Å². The van der Waals surface area contributed by atoms with E-state index in [1.54, 1.807) is 0 Å². The van der Waals surface area contributed by atoms with Crippen molar-refractivity contribution in [2.24, 2.45) is 11.7 Å². The van der Waals surface area contributed by atoms with Crippen molar-refractivity contribution < 1.29 is 14.3 Å². The number of nitrogens with zero attached hydrogens (tertiary/aromatic N) is 2. The Morgan fingerprint density at radius 3 is 2.25 bits per heavy atom. The van der Waals surface area contributed by atoms with Gasteiger partial charge in [-0.1, -0.05) is 12.1 Å². The standard InChI is InChI=1S/C18H25N3O3/c19-18(23)15-5-7-21(8-6-15)17(22)13-14-1-3-16(4-2-14)20-9-11-24-12-10-20/h1-4,15H,5-13H2,(H2,19,23). The summed E-state index contributed by atoms with van der Waals surface area (Å²) in [6.45, 7) is 4.60. The summed E-state index contributed by atoms with van der Waals surface area (Å²) in [6.07, 6.45) is 1.76. The number of nitrogens with two attached hydrogens (primary N) is 1. The average molecular weight is 331 g/mol. The molecule has 0 bridgehead atoms. The van der Waals surface area contributed by atoms with Gasteiger partial charge in [0, 0.05) is 37.8 Å². The van der Waals surface area contributed by atoms with E-state index in [-0.39, 0.29) is 17.7 Å². The molecule has 6 heteroatoms. The van der Waals surface area contributed by atoms with E-state index in [0.29, 0.717) is 32.4 Å². The lowest BCUT2D eigenvalue weighted by molar-refractivity contribution is -0.134. The van der Waals surface area contributed by atoms with Crippen molar-refractivity contribution in [3.05, 3.63) is 29.8 Å². The molecule has 2 saturated heterocycles. The van der Waals surface area contributed by atoms with Crippen LogP contribution in [0.5, 0.6) is 0 Å². The third kappa shape index (κ3) is 4.06. The van der Waals surface area contributed by atoms with E-state index in [2.05, 4.69) is 17.0 Å². The van der Waals surface area contributed by atoms with Crippen LogP contribution < -0.4 is 10.6 Å². The number of primary amides is 1. The fourth-order valence-electron chi connectivity index (χ4n) is 3.35. The summed E-state index contributed by atoms with van der Waals surface area (Å²) in [5.74, 6) is -0.209. The molecule has 2 amide bonds. The minimum absolute atomic E-state index is 0.0816. The second-order valence-electron chi connectivity index (χ2n) is 6.50. The topological polar surface area (TPSA) is 75.9 Å². The van der Waals surface area contributed by atoms with Gasteiger partial charge in [-0.15, -0.1) is 0 Å². The van der Waals surface area contributed by atoms with Crippen LogP contribution in [0.1, 0.15) is 18.4 Å². The van der Waals surface area contributed by atoms with Crippen LogP contribution in [0.15, 0.2) is 24.3 Å². The third-order valence-electron chi connectivity index (χ3n) is 4.92. The smallest absolute Gasteiger partial charge is 0.226 e. The molecule has 2 N–H and O–H groups in total. The zero-order valence-electron chi connectivity index (χ0n) is 13.9. The predicted octanol–water partition coefficient (Wildman–Crippen LogP) is 0.790. The third-order valence-corrected chi connectivity index (χ3v) is 4.92. The molecule has 0 aromatic heterocycles. The molecule has 0 spiro atoms. The first-order valence-corrected chi connectivity index (χ1v) is 8.62. The van der Waals surface area contributed by atoms with Crippen LogP contribution in [0.4, 0.5) is 5.69 Å². The van der Waals surface area contributed by atoms with E-state index in [9.17, 15) is 9.59 Å². The summed E-state index contributed by atoms with van der Waals surface area (Å²) in [6, 6.07) is 8.21. The Morgan fingerprint density at radius 1 is 1.04 bits per heavy atom. The molecule has 0 aliphatic carbocycles. The van der Waals surface area contributed by atoms with Gasteiger partial charge in [0.1, 0.15) is 0 Å². The molecule has 6 nitrogen and oxygen atoms in total. The molecule has 0 radical (unpaired) electrons. The highest BCUT2D eigenvalue weighted by Crippen LogP contribution is 2.19. The number of piperidine rings is 1. The molecule has 130 valence electrons. The summed E-state index contributed by atoms with van der Waals surface area (Å²) in [5, 5.41) is 0. The Kier molecular flexibility index (Phi) is 5.35. The Morgan fingerprint density at radius 2 is 1.67 bits per heavy atom. The van der Waals surface area contributed by atoms with Gasteiger partial charge in [0.15, 0.2) is 0 Å². The number of carbonyl (C=O) groups excluding carboxylic acids is 2. The predicted molar refractivity (Wildman–Crippen MR) is 91.7 cm³/mol. The van der Waals surface area contributed by atoms with E-state index in [4.69, 9.17) is 10.5 Å². The Balaban J connectivity index is 1.52. The zero-order chi connectivity index (χ0) is 16.9. The summed E-state index contributed by atoms with van der Waals surface area (Å²) in [5.41, 5.74) is 7.53. The number of ether oxygens (including phenoxy) is 1. The maximum absolute atomic E-state index is 12.4. The van der Waals surface area contributed by atoms with Crippen molar-refractivity contribution in [3.63, 3.8) is 0 Å². The van der Waals surface area contributed by atoms with Gasteiger partial charge >= 0.3 is 0 Å². The van der Waals surface area contributed by atoms with Crippen LogP contribution >= 0.6 is 0 Å². The van der Waals surface area contributed by atoms with Crippen LogP contribution in [-0.2, 0) is 20.7 Å². The van der Waals surface area contributed by atoms with Gasteiger partial charge in [-0.3, -0.25) is 9.59 Å². The summed E-state index contributed by atoms with van der Waals surface area (Å²) in [7, 11) is 0. The maximum atomic E-state index is 12.4. The minimum Gasteiger partial charge on any atom is -0.378 e. The number of benzene rings is 1. The van der Waals surface area contributed by atoms with Gasteiger partial charge in [0.25, 0.3) is 0 Å². The van der Waals surface area contributed by atoms with E-state index in [1.165, 1.54) is 5.69 Å². The van der Waals surface area contributed by atoms with Crippen molar-refractivity contribution in [1.29, 1.82) is 0 Å². The average Bonchev–Trinajstić information content (AvgIpc) is 2.63. The Hall–Kier alpha value is -2.08. The fraction of sp³-hybridized carbons (Fsp3) is 0.556. The number of morpholine rings is 1. The SMILES string of the molecule is NC(=O)C1CCN(C(=O)Cc2ccc(N3CCOCC3)cc2)CC1. The number of carbonyl (C=O) groups is 2. The highest BCUT2D eigenvalue weighted by atomic mass is 16.5. The van der Waals surface area contributed by atoms with Gasteiger partial charge in [-0.2, -0.15) is 0 Å². The lowest BCUT2D eigenvalue weighted by atomic mass is 9.96. The second kappa shape index (κ2) is 7.66. The first-order valence-electron chi connectivity index (χ1n) is 8.62. The molecule has 0 unspecified atom stereocenters. The Labute approximate surface area is 142 Å². The highest BCUT2D eigenvalue weighted by molar-refractivity contribution is 5.80. The van der Waals surface area contributed by atoms with Crippen molar-refractivity contribution in [1.82, 2.24) is 4.90 Å². The van der Waals surface area contributed by atoms with Crippen molar-refractivity contribution in [3.8, 4) is 0 Å². The number of hydrogen-bond acceptors (Lipinski definition) is 4. The molecule has 1 aromatic carbocycles. The number of anilines is 1. The van der Waals surface area contributed by atoms with Gasteiger partial charge in [-0.05, 0) is 30.5 Å². The zero-order valence-corrected chi connectivity index (χ0v) is 13.9. The van der Waals surface area contributed by atoms with Gasteiger partial charge in [0.05, 0.1) is 19.6 Å². The molecule has 3 rings (SSSR count). The number of amides is 2. The lowest BCUT2D eigenvalue weighted by Gasteiger charge is -2.31. The molecule has 0 atom stereocenters. The number of hydrogen-bond donors (Lipinski definition) is 1. The van der Waals surface area contributed by atoms with Crippen LogP contribution in [0.3, 0.4) is 0 Å². The van der Waals surface area contributed by atoms with E-state index in [0.717, 1.165) is 31.9 Å². The lowest BCUT2D eigenvalue weighted by Crippen LogP contribution is -2.42. The molecule has 0 saturated carbocycles. The molecule has 2 heterocycles. The van der Waals surface area contributed by atoms with E-state index >= 15 is 0 Å². The first kappa shape index (κ1) is 16.8. The van der Waals surface area contributed by atoms with Gasteiger partial charge in [0.2, 0.25) is 11.8 Å². The van der Waals surface area contributed by atoms with Crippen LogP contribution in [0, 0.1) is 5.92 Å². The summed E-state index contributed by atoms with van der Waals surface area (Å²) in [4.78, 5) is 27.7. The second-order valence-corrected chi connectivity index (χ2v) is 6.50. The molecule has 2 fully saturated rings. The number of likely N-dealkylation sites (tertiary alicyclic amines) is 1. The fourth-order valence-corrected chi connectivity index (χ4v) is 3.35. The molecule has 1 aromatic rings. The highest BCUT2D eigenvalue weighted by Gasteiger charge is 2.25. The molecule has 2 aliphatic rings. The molecule has 24 heavy (non-hydrogen) atoms. The van der Waals surface area contributed by atoms with Crippen LogP contribution in [0.25, 0.3) is 0 Å². The van der Waals surface area contributed by atoms with Crippen molar-refractivity contribution >= 4 is 17.5 Å². The van der Waals surface area contributed by atoms with E-state index in [1.807, 2.05) is 17.0 Å². The molecular formula is C18H25N3O3. The minimum atomic E-state index is -0.249. The van der Waals surface area contributed by atoms with Crippen molar-refractivity contribution in [2.75, 3.05) is 44.3 Å². The molecule has 2 aliphatic heterocycles. The number of rotatable bonds is 4. The normalized spacial score (nSPS) is 19.3. The van der Waals surface area contributed by atoms with Crippen LogP contribution in [-0.4, -0.2) is 56.1 Å². The van der Waals surface area contributed by atoms with E-state index < -0.39 is 0 Å². The molecular weight excluding hydrogens is 306 g/mol. The largest absolute Gasteiger partial charge is 0.378 e. The monoisotopic (exact) mass is 331 g/mol. The summed E-state index contributed by atoms with van der Waals surface area (Å²) >= 11 is 0. The Bertz CT molecular complexity index is 574. The van der Waals surface area contributed by atoms with Gasteiger partial charge < -0.3 is 20.3 Å². The van der Waals surface area contributed by atoms with Crippen LogP contribution in [0.2, 0.25) is 0 Å². The first-order chi connectivity index (χ1) is 11.6. The summed E-state index contributed by atoms with van der Waals surface area (Å²) < 4.78 is 5.37. The van der Waals surface area contributed by atoms with Crippen molar-refractivity contribution in [2.45, 2.75) is 19.3 Å². The maximum Gasteiger partial charge on any atom is 0.226 e.